The Hall–Kier alpha value is -4.84. The van der Waals surface area contributed by atoms with Gasteiger partial charge in [0.1, 0.15) is 11.5 Å². The fourth-order valence-electron chi connectivity index (χ4n) is 7.82. The van der Waals surface area contributed by atoms with Gasteiger partial charge in [0.15, 0.2) is 0 Å². The number of hydrogen-bond acceptors (Lipinski definition) is 2. The quantitative estimate of drug-likeness (QED) is 0.182. The molecule has 6 aromatic rings. The first-order valence-electron chi connectivity index (χ1n) is 16.7. The van der Waals surface area contributed by atoms with Gasteiger partial charge in [-0.25, -0.2) is 0 Å². The van der Waals surface area contributed by atoms with E-state index in [1.807, 2.05) is 12.1 Å². The zero-order valence-corrected chi connectivity index (χ0v) is 28.3. The molecule has 4 N–H and O–H groups in total. The summed E-state index contributed by atoms with van der Waals surface area (Å²) in [7, 11) is 0. The molecule has 0 radical (unpaired) electrons. The summed E-state index contributed by atoms with van der Waals surface area (Å²) in [6, 6.07) is 8.08. The molecule has 0 atom stereocenters. The number of hydrogen-bond donors (Lipinski definition) is 4. The van der Waals surface area contributed by atoms with Gasteiger partial charge in [-0.1, -0.05) is 27.7 Å². The minimum Gasteiger partial charge on any atom is -0.464 e. The van der Waals surface area contributed by atoms with Crippen LogP contribution in [0.2, 0.25) is 0 Å². The molecule has 236 valence electrons. The summed E-state index contributed by atoms with van der Waals surface area (Å²) in [6.07, 6.45) is 11.8. The minimum atomic E-state index is 0.843. The van der Waals surface area contributed by atoms with Gasteiger partial charge in [0, 0.05) is 22.1 Å². The molecule has 7 heterocycles. The van der Waals surface area contributed by atoms with Crippen LogP contribution >= 0.6 is 0 Å². The lowest BCUT2D eigenvalue weighted by Gasteiger charge is -2.06. The molecule has 0 amide bonds. The number of aromatic nitrogens is 4. The average Bonchev–Trinajstić information content (AvgIpc) is 3.89. The molecule has 46 heavy (non-hydrogen) atoms. The molecule has 0 spiro atoms. The van der Waals surface area contributed by atoms with Crippen LogP contribution in [-0.4, -0.2) is 19.9 Å². The molecule has 0 aromatic carbocycles. The number of H-pyrrole nitrogens is 4. The lowest BCUT2D eigenvalue weighted by atomic mass is 9.99. The summed E-state index contributed by atoms with van der Waals surface area (Å²) < 4.78 is 12.3. The molecule has 7 rings (SSSR count). The molecule has 1 aliphatic rings. The van der Waals surface area contributed by atoms with E-state index >= 15 is 0 Å². The van der Waals surface area contributed by atoms with Crippen LogP contribution in [0.3, 0.4) is 0 Å². The maximum absolute atomic E-state index is 6.15. The fourth-order valence-corrected chi connectivity index (χ4v) is 7.82. The molecule has 6 heteroatoms. The number of aromatic amines is 4. The second kappa shape index (κ2) is 11.5. The first-order chi connectivity index (χ1) is 22.3. The Bertz CT molecular complexity index is 2160. The molecule has 0 aliphatic carbocycles. The molecule has 0 fully saturated rings. The molecule has 6 nitrogen and oxygen atoms in total. The maximum atomic E-state index is 6.15. The van der Waals surface area contributed by atoms with Crippen molar-refractivity contribution in [1.82, 2.24) is 19.9 Å². The van der Waals surface area contributed by atoms with E-state index < -0.39 is 0 Å². The van der Waals surface area contributed by atoms with Gasteiger partial charge in [-0.05, 0) is 134 Å². The van der Waals surface area contributed by atoms with Crippen LogP contribution in [0.4, 0.5) is 0 Å². The molecule has 6 aromatic heterocycles. The standard InChI is InChI=1S/C40H44N4O2/c1-9-25-21(5)37-35(33-15-13-17-45-33)38-23(7)27(11-3)31(43-38)20-32-28(12-4)24(8)40(44-32)36(34-16-14-18-46-34)39-22(6)26(10-2)30(42-39)19-29(25)41-37/h13-20,41-44H,9-12H2,1-8H3. The van der Waals surface area contributed by atoms with Crippen molar-refractivity contribution in [2.45, 2.75) is 81.1 Å². The zero-order chi connectivity index (χ0) is 32.3. The predicted octanol–water partition coefficient (Wildman–Crippen LogP) is 6.13. The van der Waals surface area contributed by atoms with E-state index in [9.17, 15) is 0 Å². The van der Waals surface area contributed by atoms with E-state index in [2.05, 4.69) is 99.6 Å². The second-order valence-corrected chi connectivity index (χ2v) is 12.5. The Kier molecular flexibility index (Phi) is 7.47. The predicted molar refractivity (Wildman–Crippen MR) is 186 cm³/mol. The van der Waals surface area contributed by atoms with E-state index in [-0.39, 0.29) is 0 Å². The summed E-state index contributed by atoms with van der Waals surface area (Å²) in [5, 5.41) is 4.40. The van der Waals surface area contributed by atoms with Crippen molar-refractivity contribution in [1.29, 1.82) is 0 Å². The minimum absolute atomic E-state index is 0.843. The van der Waals surface area contributed by atoms with Gasteiger partial charge >= 0.3 is 0 Å². The Labute approximate surface area is 269 Å². The highest BCUT2D eigenvalue weighted by molar-refractivity contribution is 5.81. The summed E-state index contributed by atoms with van der Waals surface area (Å²) in [5.74, 6) is 1.69. The van der Waals surface area contributed by atoms with Crippen molar-refractivity contribution in [3.63, 3.8) is 0 Å². The summed E-state index contributed by atoms with van der Waals surface area (Å²) in [6.45, 7) is 17.9. The molecule has 0 saturated carbocycles. The topological polar surface area (TPSA) is 89.4 Å². The summed E-state index contributed by atoms with van der Waals surface area (Å²) >= 11 is 0. The van der Waals surface area contributed by atoms with E-state index in [0.717, 1.165) is 92.5 Å². The van der Waals surface area contributed by atoms with Crippen molar-refractivity contribution in [2.75, 3.05) is 0 Å². The lowest BCUT2D eigenvalue weighted by Crippen LogP contribution is -2.17. The molecule has 1 aliphatic heterocycles. The molecule has 0 saturated heterocycles. The third-order valence-corrected chi connectivity index (χ3v) is 10.2. The van der Waals surface area contributed by atoms with Crippen LogP contribution in [0, 0.1) is 27.7 Å². The zero-order valence-electron chi connectivity index (χ0n) is 28.3. The van der Waals surface area contributed by atoms with Gasteiger partial charge < -0.3 is 28.8 Å². The number of furan rings is 2. The van der Waals surface area contributed by atoms with Crippen LogP contribution in [-0.2, 0) is 25.7 Å². The summed E-state index contributed by atoms with van der Waals surface area (Å²) in [4.78, 5) is 15.5. The SMILES string of the molecule is CCc1c2[nH]c(c1C)C(c1ccco1)=c1[nH]c(c(CC)c1C)=Cc1[nH]c(c(C)c1CC)C(c1ccco1)=c1[nH]c(c(CC)c1C)=C2. The van der Waals surface area contributed by atoms with Crippen molar-refractivity contribution in [2.24, 2.45) is 0 Å². The van der Waals surface area contributed by atoms with Crippen LogP contribution in [0.5, 0.6) is 0 Å². The van der Waals surface area contributed by atoms with E-state index in [0.29, 0.717) is 0 Å². The highest BCUT2D eigenvalue weighted by atomic mass is 16.3. The van der Waals surface area contributed by atoms with Crippen LogP contribution in [0.1, 0.15) is 106 Å². The highest BCUT2D eigenvalue weighted by Gasteiger charge is 2.24. The number of nitrogens with one attached hydrogen (secondary N) is 4. The molecular weight excluding hydrogens is 568 g/mol. The second-order valence-electron chi connectivity index (χ2n) is 12.5. The first-order valence-corrected chi connectivity index (χ1v) is 16.7. The molecule has 8 bridgehead atoms. The Morgan fingerprint density at radius 1 is 0.500 bits per heavy atom. The van der Waals surface area contributed by atoms with Crippen molar-refractivity contribution < 1.29 is 8.83 Å². The van der Waals surface area contributed by atoms with Gasteiger partial charge in [0.2, 0.25) is 0 Å². The molecular formula is C40H44N4O2. The van der Waals surface area contributed by atoms with E-state index in [1.54, 1.807) is 12.5 Å². The van der Waals surface area contributed by atoms with Crippen molar-refractivity contribution >= 4 is 23.3 Å². The average molecular weight is 613 g/mol. The Morgan fingerprint density at radius 3 is 1.22 bits per heavy atom. The van der Waals surface area contributed by atoms with Gasteiger partial charge in [0.05, 0.1) is 45.8 Å². The first kappa shape index (κ1) is 29.8. The van der Waals surface area contributed by atoms with Crippen LogP contribution in [0.25, 0.3) is 23.3 Å². The number of rotatable bonds is 6. The van der Waals surface area contributed by atoms with Gasteiger partial charge in [-0.2, -0.15) is 0 Å². The largest absolute Gasteiger partial charge is 0.464 e. The van der Waals surface area contributed by atoms with Gasteiger partial charge in [-0.15, -0.1) is 0 Å². The van der Waals surface area contributed by atoms with Crippen LogP contribution < -0.4 is 21.4 Å². The smallest absolute Gasteiger partial charge is 0.138 e. The van der Waals surface area contributed by atoms with Gasteiger partial charge in [0.25, 0.3) is 0 Å². The van der Waals surface area contributed by atoms with Gasteiger partial charge in [-0.3, -0.25) is 0 Å². The highest BCUT2D eigenvalue weighted by Crippen LogP contribution is 2.31. The normalized spacial score (nSPS) is 13.0. The number of fused-ring (bicyclic) bond motifs is 8. The third-order valence-electron chi connectivity index (χ3n) is 10.2. The Morgan fingerprint density at radius 2 is 0.891 bits per heavy atom. The van der Waals surface area contributed by atoms with E-state index in [4.69, 9.17) is 8.83 Å². The fraction of sp³-hybridized carbons (Fsp3) is 0.300. The van der Waals surface area contributed by atoms with E-state index in [1.165, 1.54) is 44.5 Å². The molecule has 0 unspecified atom stereocenters. The lowest BCUT2D eigenvalue weighted by molar-refractivity contribution is 0.552. The monoisotopic (exact) mass is 612 g/mol. The van der Waals surface area contributed by atoms with Crippen molar-refractivity contribution in [3.05, 3.63) is 137 Å². The summed E-state index contributed by atoms with van der Waals surface area (Å²) in [5.41, 5.74) is 16.7. The van der Waals surface area contributed by atoms with Crippen LogP contribution in [0.15, 0.2) is 45.6 Å². The maximum Gasteiger partial charge on any atom is 0.138 e. The third kappa shape index (κ3) is 4.45. The Balaban J connectivity index is 1.74. The van der Waals surface area contributed by atoms with Crippen molar-refractivity contribution in [3.8, 4) is 0 Å².